The quantitative estimate of drug-likeness (QED) is 0.716. The van der Waals surface area contributed by atoms with Gasteiger partial charge in [-0.25, -0.2) is 0 Å². The van der Waals surface area contributed by atoms with E-state index in [1.807, 2.05) is 0 Å². The van der Waals surface area contributed by atoms with Crippen LogP contribution in [0.5, 0.6) is 0 Å². The van der Waals surface area contributed by atoms with Crippen LogP contribution in [0.2, 0.25) is 0 Å². The molecule has 0 aromatic heterocycles. The highest BCUT2D eigenvalue weighted by molar-refractivity contribution is 4.87. The molecule has 0 heterocycles. The first-order chi connectivity index (χ1) is 6.43. The Labute approximate surface area is 87.3 Å². The van der Waals surface area contributed by atoms with Crippen molar-refractivity contribution in [3.63, 3.8) is 0 Å². The molecule has 0 unspecified atom stereocenters. The molecule has 0 saturated heterocycles. The van der Waals surface area contributed by atoms with Crippen LogP contribution >= 0.6 is 0 Å². The summed E-state index contributed by atoms with van der Waals surface area (Å²) in [4.78, 5) is 0. The summed E-state index contributed by atoms with van der Waals surface area (Å²) in [6.07, 6.45) is 1.10. The SMILES string of the molecule is CC(C)[C@H]1C[C@@H](O)[C@H](C(C)C)C[C@@H]1O. The van der Waals surface area contributed by atoms with Crippen LogP contribution in [0.25, 0.3) is 0 Å². The number of aliphatic hydroxyl groups is 2. The smallest absolute Gasteiger partial charge is 0.0575 e. The summed E-state index contributed by atoms with van der Waals surface area (Å²) in [5.74, 6) is 1.49. The summed E-state index contributed by atoms with van der Waals surface area (Å²) in [6.45, 7) is 8.49. The highest BCUT2D eigenvalue weighted by atomic mass is 16.3. The molecule has 1 fully saturated rings. The monoisotopic (exact) mass is 200 g/mol. The van der Waals surface area contributed by atoms with Crippen LogP contribution in [-0.2, 0) is 0 Å². The molecule has 2 N–H and O–H groups in total. The Morgan fingerprint density at radius 1 is 0.786 bits per heavy atom. The average molecular weight is 200 g/mol. The largest absolute Gasteiger partial charge is 0.393 e. The second kappa shape index (κ2) is 4.63. The fourth-order valence-electron chi connectivity index (χ4n) is 2.65. The molecule has 1 aliphatic rings. The van der Waals surface area contributed by atoms with Crippen molar-refractivity contribution in [1.82, 2.24) is 0 Å². The van der Waals surface area contributed by atoms with Crippen molar-refractivity contribution in [1.29, 1.82) is 0 Å². The molecular formula is C12H24O2. The van der Waals surface area contributed by atoms with Gasteiger partial charge in [-0.1, -0.05) is 27.7 Å². The second-order valence-electron chi connectivity index (χ2n) is 5.42. The highest BCUT2D eigenvalue weighted by Gasteiger charge is 2.37. The van der Waals surface area contributed by atoms with Crippen LogP contribution < -0.4 is 0 Å². The normalized spacial score (nSPS) is 39.4. The molecule has 0 aromatic carbocycles. The van der Waals surface area contributed by atoms with Crippen molar-refractivity contribution >= 4 is 0 Å². The van der Waals surface area contributed by atoms with Crippen molar-refractivity contribution in [2.24, 2.45) is 23.7 Å². The number of hydrogen-bond acceptors (Lipinski definition) is 2. The maximum absolute atomic E-state index is 9.97. The Bertz CT molecular complexity index is 157. The van der Waals surface area contributed by atoms with E-state index in [1.165, 1.54) is 0 Å². The fraction of sp³-hybridized carbons (Fsp3) is 1.00. The van der Waals surface area contributed by atoms with Gasteiger partial charge in [-0.15, -0.1) is 0 Å². The maximum atomic E-state index is 9.97. The second-order valence-corrected chi connectivity index (χ2v) is 5.42. The van der Waals surface area contributed by atoms with Crippen molar-refractivity contribution in [3.05, 3.63) is 0 Å². The van der Waals surface area contributed by atoms with E-state index in [2.05, 4.69) is 27.7 Å². The van der Waals surface area contributed by atoms with Gasteiger partial charge < -0.3 is 10.2 Å². The molecule has 1 rings (SSSR count). The van der Waals surface area contributed by atoms with E-state index >= 15 is 0 Å². The van der Waals surface area contributed by atoms with Crippen molar-refractivity contribution in [2.75, 3.05) is 0 Å². The zero-order valence-electron chi connectivity index (χ0n) is 9.77. The third kappa shape index (κ3) is 2.48. The summed E-state index contributed by atoms with van der Waals surface area (Å²) in [5.41, 5.74) is 0. The molecule has 0 radical (unpaired) electrons. The van der Waals surface area contributed by atoms with Crippen LogP contribution in [-0.4, -0.2) is 22.4 Å². The van der Waals surface area contributed by atoms with Crippen molar-refractivity contribution in [2.45, 2.75) is 52.7 Å². The Kier molecular flexibility index (Phi) is 3.96. The summed E-state index contributed by atoms with van der Waals surface area (Å²) in [7, 11) is 0. The lowest BCUT2D eigenvalue weighted by Crippen LogP contribution is -2.42. The topological polar surface area (TPSA) is 40.5 Å². The number of aliphatic hydroxyl groups excluding tert-OH is 2. The molecule has 0 spiro atoms. The zero-order valence-corrected chi connectivity index (χ0v) is 9.77. The van der Waals surface area contributed by atoms with E-state index < -0.39 is 0 Å². The first-order valence-electron chi connectivity index (χ1n) is 5.79. The summed E-state index contributed by atoms with van der Waals surface area (Å²) in [5, 5.41) is 19.9. The van der Waals surface area contributed by atoms with Crippen LogP contribution in [0.3, 0.4) is 0 Å². The minimum Gasteiger partial charge on any atom is -0.393 e. The lowest BCUT2D eigenvalue weighted by atomic mass is 9.70. The molecule has 1 aliphatic carbocycles. The van der Waals surface area contributed by atoms with Crippen LogP contribution in [0.15, 0.2) is 0 Å². The summed E-state index contributed by atoms with van der Waals surface area (Å²) < 4.78 is 0. The standard InChI is InChI=1S/C12H24O2/c1-7(2)9-5-12(14)10(8(3)4)6-11(9)13/h7-14H,5-6H2,1-4H3/t9-,10+,11+,12-. The van der Waals surface area contributed by atoms with Gasteiger partial charge in [-0.05, 0) is 36.5 Å². The molecule has 1 saturated carbocycles. The van der Waals surface area contributed by atoms with Gasteiger partial charge in [-0.2, -0.15) is 0 Å². The zero-order chi connectivity index (χ0) is 10.9. The average Bonchev–Trinajstić information content (AvgIpc) is 2.07. The Morgan fingerprint density at radius 3 is 1.29 bits per heavy atom. The molecule has 4 atom stereocenters. The molecule has 0 aromatic rings. The van der Waals surface area contributed by atoms with Gasteiger partial charge >= 0.3 is 0 Å². The van der Waals surface area contributed by atoms with Gasteiger partial charge in [0.25, 0.3) is 0 Å². The molecular weight excluding hydrogens is 176 g/mol. The lowest BCUT2D eigenvalue weighted by molar-refractivity contribution is -0.0597. The van der Waals surface area contributed by atoms with Gasteiger partial charge in [-0.3, -0.25) is 0 Å². The number of rotatable bonds is 2. The molecule has 0 aliphatic heterocycles. The first-order valence-corrected chi connectivity index (χ1v) is 5.79. The van der Waals surface area contributed by atoms with E-state index in [1.54, 1.807) is 0 Å². The van der Waals surface area contributed by atoms with Gasteiger partial charge in [0.1, 0.15) is 0 Å². The third-order valence-corrected chi connectivity index (χ3v) is 3.73. The van der Waals surface area contributed by atoms with Crippen LogP contribution in [0.4, 0.5) is 0 Å². The molecule has 84 valence electrons. The lowest BCUT2D eigenvalue weighted by Gasteiger charge is -2.40. The summed E-state index contributed by atoms with van der Waals surface area (Å²) >= 11 is 0. The molecule has 2 nitrogen and oxygen atoms in total. The van der Waals surface area contributed by atoms with Crippen LogP contribution in [0.1, 0.15) is 40.5 Å². The van der Waals surface area contributed by atoms with Crippen LogP contribution in [0, 0.1) is 23.7 Å². The molecule has 2 heteroatoms. The highest BCUT2D eigenvalue weighted by Crippen LogP contribution is 2.37. The Morgan fingerprint density at radius 2 is 1.07 bits per heavy atom. The maximum Gasteiger partial charge on any atom is 0.0575 e. The van der Waals surface area contributed by atoms with E-state index in [4.69, 9.17) is 0 Å². The minimum absolute atomic E-state index is 0.217. The Balaban J connectivity index is 2.62. The van der Waals surface area contributed by atoms with Gasteiger partial charge in [0.2, 0.25) is 0 Å². The number of hydrogen-bond donors (Lipinski definition) is 2. The third-order valence-electron chi connectivity index (χ3n) is 3.73. The van der Waals surface area contributed by atoms with E-state index in [0.29, 0.717) is 11.8 Å². The predicted molar refractivity (Wildman–Crippen MR) is 57.9 cm³/mol. The van der Waals surface area contributed by atoms with E-state index in [9.17, 15) is 10.2 Å². The van der Waals surface area contributed by atoms with Crippen molar-refractivity contribution < 1.29 is 10.2 Å². The van der Waals surface area contributed by atoms with Crippen molar-refractivity contribution in [3.8, 4) is 0 Å². The Hall–Kier alpha value is -0.0800. The van der Waals surface area contributed by atoms with E-state index in [0.717, 1.165) is 12.8 Å². The predicted octanol–water partition coefficient (Wildman–Crippen LogP) is 2.05. The molecule has 0 bridgehead atoms. The summed E-state index contributed by atoms with van der Waals surface area (Å²) in [6, 6.07) is 0. The first kappa shape index (κ1) is 12.0. The molecule has 0 amide bonds. The molecule has 14 heavy (non-hydrogen) atoms. The van der Waals surface area contributed by atoms with Gasteiger partial charge in [0.15, 0.2) is 0 Å². The van der Waals surface area contributed by atoms with E-state index in [-0.39, 0.29) is 24.0 Å². The van der Waals surface area contributed by atoms with Gasteiger partial charge in [0.05, 0.1) is 12.2 Å². The van der Waals surface area contributed by atoms with Gasteiger partial charge in [0, 0.05) is 0 Å². The fourth-order valence-corrected chi connectivity index (χ4v) is 2.65. The minimum atomic E-state index is -0.217.